The topological polar surface area (TPSA) is 54.3 Å². The molecule has 4 rings (SSSR count). The molecule has 1 unspecified atom stereocenters. The number of piperidine rings is 1. The molecule has 5 nitrogen and oxygen atoms in total. The minimum Gasteiger partial charge on any atom is -0.345 e. The van der Waals surface area contributed by atoms with E-state index in [0.717, 1.165) is 49.7 Å². The molecule has 27 heavy (non-hydrogen) atoms. The van der Waals surface area contributed by atoms with Crippen LogP contribution in [-0.2, 0) is 11.3 Å². The highest BCUT2D eigenvalue weighted by atomic mass is 16.2. The maximum absolute atomic E-state index is 13.3. The number of benzene rings is 1. The molecule has 144 valence electrons. The van der Waals surface area contributed by atoms with Crippen LogP contribution >= 0.6 is 0 Å². The van der Waals surface area contributed by atoms with Crippen molar-refractivity contribution in [2.45, 2.75) is 59.0 Å². The molecule has 1 aromatic carbocycles. The van der Waals surface area contributed by atoms with E-state index in [0.29, 0.717) is 12.1 Å². The highest BCUT2D eigenvalue weighted by Crippen LogP contribution is 2.32. The maximum Gasteiger partial charge on any atom is 0.260 e. The quantitative estimate of drug-likeness (QED) is 0.843. The number of hydrogen-bond acceptors (Lipinski definition) is 3. The van der Waals surface area contributed by atoms with Gasteiger partial charge in [0.1, 0.15) is 0 Å². The highest BCUT2D eigenvalue weighted by Gasteiger charge is 2.40. The fourth-order valence-corrected chi connectivity index (χ4v) is 4.37. The normalized spacial score (nSPS) is 20.0. The molecule has 1 saturated carbocycles. The molecule has 2 amide bonds. The maximum atomic E-state index is 13.3. The first-order chi connectivity index (χ1) is 13.0. The van der Waals surface area contributed by atoms with E-state index in [1.165, 1.54) is 11.3 Å². The molecule has 5 heteroatoms. The van der Waals surface area contributed by atoms with E-state index in [4.69, 9.17) is 0 Å². The average molecular weight is 367 g/mol. The van der Waals surface area contributed by atoms with Gasteiger partial charge < -0.3 is 9.88 Å². The van der Waals surface area contributed by atoms with E-state index >= 15 is 0 Å². The SMILES string of the molecule is CCn1c(C)c(C)c2cc(C(=O)N(C(=O)C3CCCNC3)C3CC3)ccc21. The predicted octanol–water partition coefficient (Wildman–Crippen LogP) is 3.41. The number of amides is 2. The fourth-order valence-electron chi connectivity index (χ4n) is 4.37. The molecule has 2 aromatic rings. The number of hydrogen-bond donors (Lipinski definition) is 1. The molecule has 1 aliphatic carbocycles. The summed E-state index contributed by atoms with van der Waals surface area (Å²) in [6, 6.07) is 5.99. The Balaban J connectivity index is 1.67. The van der Waals surface area contributed by atoms with Gasteiger partial charge in [-0.3, -0.25) is 14.5 Å². The van der Waals surface area contributed by atoms with Gasteiger partial charge in [-0.1, -0.05) is 0 Å². The second-order valence-corrected chi connectivity index (χ2v) is 7.97. The number of carbonyl (C=O) groups is 2. The molecular weight excluding hydrogens is 338 g/mol. The van der Waals surface area contributed by atoms with Gasteiger partial charge in [-0.25, -0.2) is 0 Å². The molecule has 1 N–H and O–H groups in total. The number of nitrogens with one attached hydrogen (secondary N) is 1. The number of aromatic nitrogens is 1. The van der Waals surface area contributed by atoms with Crippen LogP contribution in [0.1, 0.15) is 54.2 Å². The van der Waals surface area contributed by atoms with Crippen molar-refractivity contribution < 1.29 is 9.59 Å². The van der Waals surface area contributed by atoms with E-state index in [9.17, 15) is 9.59 Å². The third-order valence-electron chi connectivity index (χ3n) is 6.22. The second kappa shape index (κ2) is 7.12. The Morgan fingerprint density at radius 2 is 2.00 bits per heavy atom. The zero-order chi connectivity index (χ0) is 19.1. The molecule has 2 heterocycles. The van der Waals surface area contributed by atoms with Crippen LogP contribution in [0, 0.1) is 19.8 Å². The van der Waals surface area contributed by atoms with Gasteiger partial charge >= 0.3 is 0 Å². The number of nitrogens with zero attached hydrogens (tertiary/aromatic N) is 2. The van der Waals surface area contributed by atoms with E-state index in [1.807, 2.05) is 18.2 Å². The molecule has 2 aliphatic rings. The zero-order valence-corrected chi connectivity index (χ0v) is 16.5. The summed E-state index contributed by atoms with van der Waals surface area (Å²) in [6.45, 7) is 8.92. The van der Waals surface area contributed by atoms with Gasteiger partial charge in [0.2, 0.25) is 5.91 Å². The average Bonchev–Trinajstić information content (AvgIpc) is 3.50. The summed E-state index contributed by atoms with van der Waals surface area (Å²) in [5.41, 5.74) is 4.23. The smallest absolute Gasteiger partial charge is 0.260 e. The minimum absolute atomic E-state index is 0.00817. The first-order valence-electron chi connectivity index (χ1n) is 10.2. The van der Waals surface area contributed by atoms with Crippen molar-refractivity contribution in [3.8, 4) is 0 Å². The third kappa shape index (κ3) is 3.18. The Bertz CT molecular complexity index is 889. The molecule has 1 aliphatic heterocycles. The standard InChI is InChI=1S/C22H29N3O2/c1-4-24-15(3)14(2)19-12-16(7-10-20(19)24)21(26)25(18-8-9-18)22(27)17-6-5-11-23-13-17/h7,10,12,17-18,23H,4-6,8-9,11,13H2,1-3H3. The third-order valence-corrected chi connectivity index (χ3v) is 6.22. The summed E-state index contributed by atoms with van der Waals surface area (Å²) >= 11 is 0. The zero-order valence-electron chi connectivity index (χ0n) is 16.5. The summed E-state index contributed by atoms with van der Waals surface area (Å²) in [5, 5.41) is 4.41. The van der Waals surface area contributed by atoms with Crippen molar-refractivity contribution in [1.29, 1.82) is 0 Å². The van der Waals surface area contributed by atoms with E-state index in [2.05, 4.69) is 30.7 Å². The van der Waals surface area contributed by atoms with E-state index in [-0.39, 0.29) is 23.8 Å². The Morgan fingerprint density at radius 1 is 1.22 bits per heavy atom. The first kappa shape index (κ1) is 18.2. The van der Waals surface area contributed by atoms with Crippen LogP contribution in [0.15, 0.2) is 18.2 Å². The van der Waals surface area contributed by atoms with Crippen LogP contribution in [0.25, 0.3) is 10.9 Å². The number of imide groups is 1. The molecule has 1 aromatic heterocycles. The summed E-state index contributed by atoms with van der Waals surface area (Å²) in [4.78, 5) is 28.0. The fraction of sp³-hybridized carbons (Fsp3) is 0.545. The summed E-state index contributed by atoms with van der Waals surface area (Å²) in [7, 11) is 0. The molecule has 2 fully saturated rings. The Labute approximate surface area is 160 Å². The second-order valence-electron chi connectivity index (χ2n) is 7.97. The van der Waals surface area contributed by atoms with Crippen molar-refractivity contribution in [1.82, 2.24) is 14.8 Å². The van der Waals surface area contributed by atoms with Gasteiger partial charge in [-0.05, 0) is 76.8 Å². The van der Waals surface area contributed by atoms with Crippen LogP contribution in [0.2, 0.25) is 0 Å². The molecule has 0 radical (unpaired) electrons. The Morgan fingerprint density at radius 3 is 2.63 bits per heavy atom. The lowest BCUT2D eigenvalue weighted by Gasteiger charge is -2.28. The van der Waals surface area contributed by atoms with E-state index in [1.54, 1.807) is 4.90 Å². The monoisotopic (exact) mass is 367 g/mol. The van der Waals surface area contributed by atoms with Crippen LogP contribution in [0.4, 0.5) is 0 Å². The number of fused-ring (bicyclic) bond motifs is 1. The van der Waals surface area contributed by atoms with Crippen LogP contribution in [0.3, 0.4) is 0 Å². The summed E-state index contributed by atoms with van der Waals surface area (Å²) in [6.07, 6.45) is 3.74. The first-order valence-corrected chi connectivity index (χ1v) is 10.2. The lowest BCUT2D eigenvalue weighted by molar-refractivity contribution is -0.133. The van der Waals surface area contributed by atoms with Gasteiger partial charge in [0, 0.05) is 41.3 Å². The largest absolute Gasteiger partial charge is 0.345 e. The van der Waals surface area contributed by atoms with Crippen LogP contribution < -0.4 is 5.32 Å². The van der Waals surface area contributed by atoms with Gasteiger partial charge in [0.15, 0.2) is 0 Å². The number of carbonyl (C=O) groups excluding carboxylic acids is 2. The Hall–Kier alpha value is -2.14. The highest BCUT2D eigenvalue weighted by molar-refractivity contribution is 6.07. The van der Waals surface area contributed by atoms with Crippen molar-refractivity contribution >= 4 is 22.7 Å². The van der Waals surface area contributed by atoms with Crippen LogP contribution in [-0.4, -0.2) is 40.4 Å². The molecule has 0 spiro atoms. The van der Waals surface area contributed by atoms with Gasteiger partial charge in [0.05, 0.1) is 5.92 Å². The summed E-state index contributed by atoms with van der Waals surface area (Å²) < 4.78 is 2.27. The molecule has 1 saturated heterocycles. The lowest BCUT2D eigenvalue weighted by Crippen LogP contribution is -2.46. The Kier molecular flexibility index (Phi) is 4.81. The molecular formula is C22H29N3O2. The van der Waals surface area contributed by atoms with Crippen LogP contribution in [0.5, 0.6) is 0 Å². The van der Waals surface area contributed by atoms with Gasteiger partial charge in [0.25, 0.3) is 5.91 Å². The number of aryl methyl sites for hydroxylation is 2. The predicted molar refractivity (Wildman–Crippen MR) is 107 cm³/mol. The van der Waals surface area contributed by atoms with Crippen molar-refractivity contribution in [2.24, 2.45) is 5.92 Å². The van der Waals surface area contributed by atoms with Gasteiger partial charge in [-0.2, -0.15) is 0 Å². The van der Waals surface area contributed by atoms with Gasteiger partial charge in [-0.15, -0.1) is 0 Å². The lowest BCUT2D eigenvalue weighted by atomic mass is 9.97. The summed E-state index contributed by atoms with van der Waals surface area (Å²) in [5.74, 6) is -0.192. The molecule has 0 bridgehead atoms. The van der Waals surface area contributed by atoms with Crippen molar-refractivity contribution in [2.75, 3.05) is 13.1 Å². The molecule has 1 atom stereocenters. The van der Waals surface area contributed by atoms with Crippen molar-refractivity contribution in [3.63, 3.8) is 0 Å². The minimum atomic E-state index is -0.128. The number of rotatable bonds is 4. The van der Waals surface area contributed by atoms with E-state index < -0.39 is 0 Å². The van der Waals surface area contributed by atoms with Crippen molar-refractivity contribution in [3.05, 3.63) is 35.0 Å².